The fourth-order valence-corrected chi connectivity index (χ4v) is 2.78. The van der Waals surface area contributed by atoms with E-state index in [1.54, 1.807) is 26.4 Å². The van der Waals surface area contributed by atoms with Crippen LogP contribution in [0, 0.1) is 0 Å². The lowest BCUT2D eigenvalue weighted by Crippen LogP contribution is -2.27. The Morgan fingerprint density at radius 1 is 1.16 bits per heavy atom. The Kier molecular flexibility index (Phi) is 4.76. The van der Waals surface area contributed by atoms with Gasteiger partial charge in [-0.05, 0) is 49.5 Å². The molecule has 0 atom stereocenters. The monoisotopic (exact) mass is 359 g/mol. The van der Waals surface area contributed by atoms with Crippen LogP contribution in [0.25, 0.3) is 17.4 Å². The highest BCUT2D eigenvalue weighted by Crippen LogP contribution is 2.33. The molecule has 0 unspecified atom stereocenters. The zero-order valence-corrected chi connectivity index (χ0v) is 14.9. The lowest BCUT2D eigenvalue weighted by molar-refractivity contribution is -0.122. The first-order valence-electron chi connectivity index (χ1n) is 7.65. The number of ether oxygens (including phenoxy) is 3. The van der Waals surface area contributed by atoms with Crippen molar-refractivity contribution in [2.75, 3.05) is 20.8 Å². The van der Waals surface area contributed by atoms with E-state index in [9.17, 15) is 4.79 Å². The number of benzene rings is 1. The van der Waals surface area contributed by atoms with Crippen LogP contribution in [-0.4, -0.2) is 36.7 Å². The third-order valence-corrected chi connectivity index (χ3v) is 4.06. The standard InChI is InChI=1S/C18H17NO5S/c1-4-19-17(20)16(24-18(19)25)10-12-6-8-13(23-12)11-5-7-14(21-2)15(9-11)22-3/h5-10H,4H2,1-3H3/b16-10+. The number of hydrogen-bond acceptors (Lipinski definition) is 6. The molecule has 3 rings (SSSR count). The minimum absolute atomic E-state index is 0.153. The smallest absolute Gasteiger partial charge is 0.297 e. The lowest BCUT2D eigenvalue weighted by atomic mass is 10.1. The number of rotatable bonds is 5. The SMILES string of the molecule is CCN1C(=O)/C(=C\c2ccc(-c3ccc(OC)c(OC)c3)o2)OC1=S. The minimum atomic E-state index is -0.267. The van der Waals surface area contributed by atoms with Crippen molar-refractivity contribution in [2.24, 2.45) is 0 Å². The molecule has 0 saturated carbocycles. The van der Waals surface area contributed by atoms with E-state index in [1.807, 2.05) is 25.1 Å². The third-order valence-electron chi connectivity index (χ3n) is 3.76. The van der Waals surface area contributed by atoms with Crippen LogP contribution in [0.2, 0.25) is 0 Å². The first-order valence-corrected chi connectivity index (χ1v) is 8.05. The van der Waals surface area contributed by atoms with E-state index >= 15 is 0 Å². The highest BCUT2D eigenvalue weighted by Gasteiger charge is 2.32. The minimum Gasteiger partial charge on any atom is -0.493 e. The second-order valence-corrected chi connectivity index (χ2v) is 5.55. The number of carbonyl (C=O) groups excluding carboxylic acids is 1. The molecule has 1 aliphatic heterocycles. The molecule has 0 bridgehead atoms. The molecule has 0 aliphatic carbocycles. The lowest BCUT2D eigenvalue weighted by Gasteiger charge is -2.08. The summed E-state index contributed by atoms with van der Waals surface area (Å²) in [6, 6.07) is 9.05. The van der Waals surface area contributed by atoms with Gasteiger partial charge in [-0.1, -0.05) is 0 Å². The average molecular weight is 359 g/mol. The first-order chi connectivity index (χ1) is 12.1. The molecule has 2 heterocycles. The Balaban J connectivity index is 1.87. The topological polar surface area (TPSA) is 61.1 Å². The maximum Gasteiger partial charge on any atom is 0.297 e. The average Bonchev–Trinajstić information content (AvgIpc) is 3.19. The zero-order chi connectivity index (χ0) is 18.0. The van der Waals surface area contributed by atoms with Gasteiger partial charge in [-0.25, -0.2) is 0 Å². The van der Waals surface area contributed by atoms with E-state index < -0.39 is 0 Å². The van der Waals surface area contributed by atoms with Crippen LogP contribution < -0.4 is 9.47 Å². The zero-order valence-electron chi connectivity index (χ0n) is 14.1. The highest BCUT2D eigenvalue weighted by atomic mass is 32.1. The molecule has 2 aromatic rings. The van der Waals surface area contributed by atoms with E-state index in [1.165, 1.54) is 11.0 Å². The number of likely N-dealkylation sites (N-methyl/N-ethyl adjacent to an activating group) is 1. The van der Waals surface area contributed by atoms with Crippen molar-refractivity contribution in [1.82, 2.24) is 4.90 Å². The fraction of sp³-hybridized carbons (Fsp3) is 0.222. The second-order valence-electron chi connectivity index (χ2n) is 5.20. The summed E-state index contributed by atoms with van der Waals surface area (Å²) in [5, 5.41) is 0.158. The molecule has 1 amide bonds. The molecule has 0 spiro atoms. The van der Waals surface area contributed by atoms with Crippen LogP contribution in [0.1, 0.15) is 12.7 Å². The molecule has 1 aliphatic rings. The van der Waals surface area contributed by atoms with Gasteiger partial charge in [-0.15, -0.1) is 0 Å². The van der Waals surface area contributed by atoms with Crippen LogP contribution in [0.4, 0.5) is 0 Å². The Morgan fingerprint density at radius 2 is 1.92 bits per heavy atom. The summed E-state index contributed by atoms with van der Waals surface area (Å²) < 4.78 is 21.7. The van der Waals surface area contributed by atoms with Crippen molar-refractivity contribution in [3.8, 4) is 22.8 Å². The number of hydrogen-bond donors (Lipinski definition) is 0. The molecule has 25 heavy (non-hydrogen) atoms. The Bertz CT molecular complexity index is 855. The van der Waals surface area contributed by atoms with Gasteiger partial charge in [0.1, 0.15) is 11.5 Å². The Hall–Kier alpha value is -2.80. The molecule has 6 nitrogen and oxygen atoms in total. The molecule has 0 radical (unpaired) electrons. The number of amides is 1. The predicted octanol–water partition coefficient (Wildman–Crippen LogP) is 3.47. The number of thiocarbonyl (C=S) groups is 1. The maximum atomic E-state index is 12.2. The summed E-state index contributed by atoms with van der Waals surface area (Å²) in [6.45, 7) is 2.29. The molecule has 1 saturated heterocycles. The summed E-state index contributed by atoms with van der Waals surface area (Å²) in [5.41, 5.74) is 0.826. The van der Waals surface area contributed by atoms with Gasteiger partial charge in [0, 0.05) is 18.2 Å². The highest BCUT2D eigenvalue weighted by molar-refractivity contribution is 7.80. The quantitative estimate of drug-likeness (QED) is 0.602. The molecule has 0 N–H and O–H groups in total. The molecular formula is C18H17NO5S. The van der Waals surface area contributed by atoms with Crippen LogP contribution in [0.15, 0.2) is 40.5 Å². The molecular weight excluding hydrogens is 342 g/mol. The van der Waals surface area contributed by atoms with Crippen molar-refractivity contribution in [3.05, 3.63) is 41.9 Å². The molecule has 1 fully saturated rings. The van der Waals surface area contributed by atoms with E-state index in [2.05, 4.69) is 0 Å². The van der Waals surface area contributed by atoms with Crippen molar-refractivity contribution >= 4 is 29.4 Å². The van der Waals surface area contributed by atoms with Crippen molar-refractivity contribution in [3.63, 3.8) is 0 Å². The number of carbonyl (C=O) groups is 1. The van der Waals surface area contributed by atoms with Gasteiger partial charge in [0.15, 0.2) is 17.3 Å². The maximum absolute atomic E-state index is 12.2. The van der Waals surface area contributed by atoms with Gasteiger partial charge < -0.3 is 18.6 Å². The molecule has 1 aromatic heterocycles. The summed E-state index contributed by atoms with van der Waals surface area (Å²) in [7, 11) is 3.16. The summed E-state index contributed by atoms with van der Waals surface area (Å²) in [5.74, 6) is 2.26. The van der Waals surface area contributed by atoms with Crippen LogP contribution in [0.5, 0.6) is 11.5 Å². The van der Waals surface area contributed by atoms with Gasteiger partial charge >= 0.3 is 0 Å². The van der Waals surface area contributed by atoms with Crippen LogP contribution >= 0.6 is 12.2 Å². The summed E-state index contributed by atoms with van der Waals surface area (Å²) in [6.07, 6.45) is 1.54. The molecule has 130 valence electrons. The van der Waals surface area contributed by atoms with E-state index in [4.69, 9.17) is 30.8 Å². The van der Waals surface area contributed by atoms with E-state index in [0.717, 1.165) is 5.56 Å². The van der Waals surface area contributed by atoms with Gasteiger partial charge in [0.25, 0.3) is 11.1 Å². The largest absolute Gasteiger partial charge is 0.493 e. The van der Waals surface area contributed by atoms with Crippen molar-refractivity contribution in [1.29, 1.82) is 0 Å². The first kappa shape index (κ1) is 17.0. The number of nitrogens with zero attached hydrogens (tertiary/aromatic N) is 1. The third kappa shape index (κ3) is 3.23. The predicted molar refractivity (Wildman–Crippen MR) is 96.3 cm³/mol. The van der Waals surface area contributed by atoms with Crippen molar-refractivity contribution in [2.45, 2.75) is 6.92 Å². The van der Waals surface area contributed by atoms with Gasteiger partial charge in [0.2, 0.25) is 0 Å². The number of furan rings is 1. The van der Waals surface area contributed by atoms with Gasteiger partial charge in [-0.3, -0.25) is 9.69 Å². The van der Waals surface area contributed by atoms with E-state index in [-0.39, 0.29) is 16.8 Å². The Morgan fingerprint density at radius 3 is 2.56 bits per heavy atom. The Labute approximate surface area is 150 Å². The number of methoxy groups -OCH3 is 2. The molecule has 1 aromatic carbocycles. The van der Waals surface area contributed by atoms with Crippen LogP contribution in [-0.2, 0) is 9.53 Å². The van der Waals surface area contributed by atoms with Gasteiger partial charge in [-0.2, -0.15) is 0 Å². The van der Waals surface area contributed by atoms with Crippen molar-refractivity contribution < 1.29 is 23.4 Å². The molecule has 7 heteroatoms. The summed E-state index contributed by atoms with van der Waals surface area (Å²) >= 11 is 5.03. The second kappa shape index (κ2) is 6.98. The summed E-state index contributed by atoms with van der Waals surface area (Å²) in [4.78, 5) is 13.5. The van der Waals surface area contributed by atoms with Crippen LogP contribution in [0.3, 0.4) is 0 Å². The van der Waals surface area contributed by atoms with E-state index in [0.29, 0.717) is 29.6 Å². The fourth-order valence-electron chi connectivity index (χ4n) is 2.48. The normalized spacial score (nSPS) is 15.6. The van der Waals surface area contributed by atoms with Gasteiger partial charge in [0.05, 0.1) is 14.2 Å².